The maximum Gasteiger partial charge on any atom is -0.00998 e. The zero-order chi connectivity index (χ0) is 4.15. The Morgan fingerprint density at radius 1 is 1.67 bits per heavy atom. The van der Waals surface area contributed by atoms with Gasteiger partial charge in [0.05, 0.1) is 0 Å². The standard InChI is InChI=1S/C6H8/c1-4-2-5-3-6(4)5/h4H,2-3H2,1H3. The van der Waals surface area contributed by atoms with Gasteiger partial charge < -0.3 is 0 Å². The van der Waals surface area contributed by atoms with E-state index in [4.69, 9.17) is 0 Å². The molecule has 32 valence electrons. The third kappa shape index (κ3) is 0.149. The fourth-order valence-corrected chi connectivity index (χ4v) is 1.27. The Hall–Kier alpha value is -0.260. The van der Waals surface area contributed by atoms with Crippen LogP contribution in [0.15, 0.2) is 11.1 Å². The Labute approximate surface area is 37.9 Å². The molecule has 1 unspecified atom stereocenters. The highest BCUT2D eigenvalue weighted by molar-refractivity contribution is 5.45. The molecule has 0 radical (unpaired) electrons. The SMILES string of the molecule is CC1CC2=C1C2. The van der Waals surface area contributed by atoms with Crippen LogP contribution in [0.2, 0.25) is 0 Å². The number of hydrogen-bond acceptors (Lipinski definition) is 0. The molecule has 0 aromatic carbocycles. The van der Waals surface area contributed by atoms with Crippen molar-refractivity contribution in [1.29, 1.82) is 0 Å². The summed E-state index contributed by atoms with van der Waals surface area (Å²) in [6, 6.07) is 0. The fourth-order valence-electron chi connectivity index (χ4n) is 1.27. The van der Waals surface area contributed by atoms with Crippen LogP contribution < -0.4 is 0 Å². The molecule has 2 aliphatic carbocycles. The zero-order valence-electron chi connectivity index (χ0n) is 3.99. The molecule has 0 heterocycles. The first-order valence-corrected chi connectivity index (χ1v) is 2.58. The summed E-state index contributed by atoms with van der Waals surface area (Å²) >= 11 is 0. The van der Waals surface area contributed by atoms with Crippen LogP contribution in [0, 0.1) is 5.92 Å². The second-order valence-corrected chi connectivity index (χ2v) is 2.41. The van der Waals surface area contributed by atoms with Gasteiger partial charge >= 0.3 is 0 Å². The van der Waals surface area contributed by atoms with Gasteiger partial charge in [0.15, 0.2) is 0 Å². The molecule has 0 aromatic heterocycles. The molecular formula is C6H8. The predicted octanol–water partition coefficient (Wildman–Crippen LogP) is 1.73. The second-order valence-electron chi connectivity index (χ2n) is 2.41. The van der Waals surface area contributed by atoms with Crippen LogP contribution in [0.4, 0.5) is 0 Å². The normalized spacial score (nSPS) is 38.5. The van der Waals surface area contributed by atoms with E-state index in [9.17, 15) is 0 Å². The van der Waals surface area contributed by atoms with Gasteiger partial charge in [0.25, 0.3) is 0 Å². The average Bonchev–Trinajstić information content (AvgIpc) is 2.12. The van der Waals surface area contributed by atoms with E-state index in [0.29, 0.717) is 0 Å². The van der Waals surface area contributed by atoms with Crippen LogP contribution in [0.5, 0.6) is 0 Å². The monoisotopic (exact) mass is 80.1 g/mol. The molecule has 0 nitrogen and oxygen atoms in total. The van der Waals surface area contributed by atoms with Crippen LogP contribution in [0.25, 0.3) is 0 Å². The van der Waals surface area contributed by atoms with E-state index >= 15 is 0 Å². The van der Waals surface area contributed by atoms with Crippen molar-refractivity contribution < 1.29 is 0 Å². The average molecular weight is 80.1 g/mol. The Kier molecular flexibility index (Phi) is 0.272. The molecule has 0 aliphatic heterocycles. The van der Waals surface area contributed by atoms with Gasteiger partial charge in [0, 0.05) is 0 Å². The van der Waals surface area contributed by atoms with Gasteiger partial charge in [-0.25, -0.2) is 0 Å². The van der Waals surface area contributed by atoms with Crippen molar-refractivity contribution in [3.05, 3.63) is 11.1 Å². The minimum absolute atomic E-state index is 0.986. The number of rotatable bonds is 0. The smallest absolute Gasteiger partial charge is 0.00998 e. The second kappa shape index (κ2) is 0.575. The maximum absolute atomic E-state index is 2.31. The van der Waals surface area contributed by atoms with Crippen molar-refractivity contribution in [3.8, 4) is 0 Å². The first kappa shape index (κ1) is 2.84. The van der Waals surface area contributed by atoms with E-state index in [1.807, 2.05) is 0 Å². The van der Waals surface area contributed by atoms with E-state index in [0.717, 1.165) is 5.92 Å². The van der Waals surface area contributed by atoms with Crippen molar-refractivity contribution >= 4 is 0 Å². The molecule has 6 heavy (non-hydrogen) atoms. The van der Waals surface area contributed by atoms with Crippen molar-refractivity contribution in [2.24, 2.45) is 5.92 Å². The zero-order valence-corrected chi connectivity index (χ0v) is 3.99. The maximum atomic E-state index is 2.31. The summed E-state index contributed by atoms with van der Waals surface area (Å²) in [6.45, 7) is 2.31. The molecule has 0 amide bonds. The molecule has 0 fully saturated rings. The topological polar surface area (TPSA) is 0 Å². The molecule has 0 N–H and O–H groups in total. The molecule has 0 saturated heterocycles. The summed E-state index contributed by atoms with van der Waals surface area (Å²) < 4.78 is 0. The van der Waals surface area contributed by atoms with Gasteiger partial charge in [-0.1, -0.05) is 18.1 Å². The lowest BCUT2D eigenvalue weighted by Gasteiger charge is -2.07. The summed E-state index contributed by atoms with van der Waals surface area (Å²) in [4.78, 5) is 0. The third-order valence-electron chi connectivity index (χ3n) is 1.88. The summed E-state index contributed by atoms with van der Waals surface area (Å²) in [5.41, 5.74) is 3.54. The van der Waals surface area contributed by atoms with Gasteiger partial charge in [0.2, 0.25) is 0 Å². The molecular weight excluding hydrogens is 72.1 g/mol. The lowest BCUT2D eigenvalue weighted by molar-refractivity contribution is 0.680. The van der Waals surface area contributed by atoms with Crippen molar-refractivity contribution in [3.63, 3.8) is 0 Å². The van der Waals surface area contributed by atoms with Crippen molar-refractivity contribution in [2.45, 2.75) is 19.8 Å². The largest absolute Gasteiger partial charge is 0.0658 e. The Morgan fingerprint density at radius 3 is 2.50 bits per heavy atom. The van der Waals surface area contributed by atoms with Crippen molar-refractivity contribution in [1.82, 2.24) is 0 Å². The van der Waals surface area contributed by atoms with Gasteiger partial charge in [-0.2, -0.15) is 0 Å². The van der Waals surface area contributed by atoms with Gasteiger partial charge in [-0.15, -0.1) is 0 Å². The highest BCUT2D eigenvalue weighted by atomic mass is 14.4. The molecule has 2 aliphatic rings. The van der Waals surface area contributed by atoms with E-state index in [1.165, 1.54) is 12.8 Å². The van der Waals surface area contributed by atoms with Crippen LogP contribution in [-0.4, -0.2) is 0 Å². The van der Waals surface area contributed by atoms with Gasteiger partial charge in [-0.3, -0.25) is 0 Å². The van der Waals surface area contributed by atoms with E-state index < -0.39 is 0 Å². The summed E-state index contributed by atoms with van der Waals surface area (Å²) in [7, 11) is 0. The first-order valence-electron chi connectivity index (χ1n) is 2.58. The van der Waals surface area contributed by atoms with Crippen LogP contribution >= 0.6 is 0 Å². The van der Waals surface area contributed by atoms with Gasteiger partial charge in [-0.05, 0) is 18.8 Å². The first-order chi connectivity index (χ1) is 2.88. The number of hydrogen-bond donors (Lipinski definition) is 0. The Morgan fingerprint density at radius 2 is 2.50 bits per heavy atom. The predicted molar refractivity (Wildman–Crippen MR) is 25.4 cm³/mol. The van der Waals surface area contributed by atoms with Crippen molar-refractivity contribution in [2.75, 3.05) is 0 Å². The Bertz CT molecular complexity index is 120. The van der Waals surface area contributed by atoms with E-state index in [1.54, 1.807) is 11.1 Å². The quantitative estimate of drug-likeness (QED) is 0.389. The minimum Gasteiger partial charge on any atom is -0.0658 e. The lowest BCUT2D eigenvalue weighted by atomic mass is 9.98. The summed E-state index contributed by atoms with van der Waals surface area (Å²) in [5, 5.41) is 0. The fraction of sp³-hybridized carbons (Fsp3) is 0.667. The van der Waals surface area contributed by atoms with E-state index in [-0.39, 0.29) is 0 Å². The highest BCUT2D eigenvalue weighted by Gasteiger charge is 2.36. The minimum atomic E-state index is 0.986. The van der Waals surface area contributed by atoms with Crippen LogP contribution in [-0.2, 0) is 0 Å². The lowest BCUT2D eigenvalue weighted by Crippen LogP contribution is -1.93. The molecule has 0 heteroatoms. The third-order valence-corrected chi connectivity index (χ3v) is 1.88. The number of allylic oxidation sites excluding steroid dienone is 2. The van der Waals surface area contributed by atoms with E-state index in [2.05, 4.69) is 6.92 Å². The highest BCUT2D eigenvalue weighted by Crippen LogP contribution is 2.52. The van der Waals surface area contributed by atoms with Crippen LogP contribution in [0.3, 0.4) is 0 Å². The van der Waals surface area contributed by atoms with Gasteiger partial charge in [0.1, 0.15) is 0 Å². The molecule has 0 saturated carbocycles. The summed E-state index contributed by atoms with van der Waals surface area (Å²) in [6.07, 6.45) is 2.83. The van der Waals surface area contributed by atoms with Crippen LogP contribution in [0.1, 0.15) is 19.8 Å². The molecule has 0 bridgehead atoms. The summed E-state index contributed by atoms with van der Waals surface area (Å²) in [5.74, 6) is 0.986. The Balaban J connectivity index is 2.32. The molecule has 0 aromatic rings. The molecule has 0 spiro atoms. The molecule has 2 rings (SSSR count). The molecule has 1 atom stereocenters.